The van der Waals surface area contributed by atoms with Crippen LogP contribution in [0.2, 0.25) is 0 Å². The Morgan fingerprint density at radius 2 is 1.93 bits per heavy atom. The van der Waals surface area contributed by atoms with Crippen molar-refractivity contribution in [3.63, 3.8) is 0 Å². The minimum atomic E-state index is -0.670. The highest BCUT2D eigenvalue weighted by Gasteiger charge is 2.59. The molecular weight excluding hydrogens is 376 g/mol. The Balaban J connectivity index is 1.52. The molecule has 9 atom stereocenters. The summed E-state index contributed by atoms with van der Waals surface area (Å²) in [5, 5.41) is 9.12. The van der Waals surface area contributed by atoms with Crippen molar-refractivity contribution in [2.75, 3.05) is 0 Å². The second-order valence-electron chi connectivity index (χ2n) is 11.4. The Kier molecular flexibility index (Phi) is 5.83. The molecule has 0 aliphatic heterocycles. The standard InChI is InChI=1S/C26H40O4/c1-16(5-10-24(28)29)21-8-9-22-20-7-6-18-15-19(30-17(2)27)11-13-25(18,3)23(20)12-14-26(21,22)4/h12,14,16,18-23H,5-11,13,15H2,1-4H3,(H,28,29)/t16-,18-,19-,20?,21?,22+,23+,25?,26?/m1/s1. The Morgan fingerprint density at radius 3 is 2.63 bits per heavy atom. The molecule has 0 spiro atoms. The van der Waals surface area contributed by atoms with Gasteiger partial charge in [-0.3, -0.25) is 9.59 Å². The molecule has 30 heavy (non-hydrogen) atoms. The SMILES string of the molecule is CC(=O)O[C@@H]1CCC2(C)[C@H](CCC3[C@@H]4CCC([C@H](C)CCC(=O)O)C4(C)C=C[C@@H]32)C1. The summed E-state index contributed by atoms with van der Waals surface area (Å²) in [6.45, 7) is 8.78. The summed E-state index contributed by atoms with van der Waals surface area (Å²) in [4.78, 5) is 22.5. The van der Waals surface area contributed by atoms with Gasteiger partial charge < -0.3 is 9.84 Å². The topological polar surface area (TPSA) is 63.6 Å². The molecule has 3 saturated carbocycles. The van der Waals surface area contributed by atoms with E-state index < -0.39 is 5.97 Å². The number of allylic oxidation sites excluding steroid dienone is 2. The largest absolute Gasteiger partial charge is 0.481 e. The molecule has 1 N–H and O–H groups in total. The van der Waals surface area contributed by atoms with Crippen LogP contribution in [-0.2, 0) is 14.3 Å². The maximum absolute atomic E-state index is 11.4. The van der Waals surface area contributed by atoms with Gasteiger partial charge in [-0.05, 0) is 97.7 Å². The molecule has 0 bridgehead atoms. The normalized spacial score (nSPS) is 45.7. The maximum Gasteiger partial charge on any atom is 0.303 e. The molecule has 4 aliphatic carbocycles. The molecule has 0 aromatic heterocycles. The minimum Gasteiger partial charge on any atom is -0.481 e. The van der Waals surface area contributed by atoms with Gasteiger partial charge in [0.1, 0.15) is 6.10 Å². The van der Waals surface area contributed by atoms with Crippen LogP contribution in [0, 0.1) is 46.3 Å². The summed E-state index contributed by atoms with van der Waals surface area (Å²) in [7, 11) is 0. The Morgan fingerprint density at radius 1 is 1.17 bits per heavy atom. The summed E-state index contributed by atoms with van der Waals surface area (Å²) in [6, 6.07) is 0. The first kappa shape index (κ1) is 21.9. The molecule has 3 fully saturated rings. The second kappa shape index (κ2) is 7.98. The van der Waals surface area contributed by atoms with E-state index >= 15 is 0 Å². The highest BCUT2D eigenvalue weighted by molar-refractivity contribution is 5.66. The number of carbonyl (C=O) groups excluding carboxylic acids is 1. The molecule has 4 nitrogen and oxygen atoms in total. The van der Waals surface area contributed by atoms with Crippen molar-refractivity contribution in [1.82, 2.24) is 0 Å². The zero-order valence-corrected chi connectivity index (χ0v) is 19.2. The second-order valence-corrected chi connectivity index (χ2v) is 11.4. The van der Waals surface area contributed by atoms with Crippen LogP contribution in [0.15, 0.2) is 12.2 Å². The number of aliphatic carboxylic acids is 1. The van der Waals surface area contributed by atoms with Gasteiger partial charge in [-0.1, -0.05) is 32.9 Å². The van der Waals surface area contributed by atoms with Crippen LogP contribution in [0.25, 0.3) is 0 Å². The number of hydrogen-bond donors (Lipinski definition) is 1. The molecule has 0 amide bonds. The van der Waals surface area contributed by atoms with Gasteiger partial charge in [0.15, 0.2) is 0 Å². The van der Waals surface area contributed by atoms with E-state index in [0.29, 0.717) is 29.1 Å². The van der Waals surface area contributed by atoms with Crippen molar-refractivity contribution >= 4 is 11.9 Å². The molecular formula is C26H40O4. The van der Waals surface area contributed by atoms with Crippen molar-refractivity contribution < 1.29 is 19.4 Å². The lowest BCUT2D eigenvalue weighted by molar-refractivity contribution is -0.154. The molecule has 168 valence electrons. The van der Waals surface area contributed by atoms with E-state index in [1.165, 1.54) is 32.6 Å². The fourth-order valence-corrected chi connectivity index (χ4v) is 8.42. The van der Waals surface area contributed by atoms with Gasteiger partial charge in [0, 0.05) is 13.3 Å². The third-order valence-corrected chi connectivity index (χ3v) is 9.96. The number of carboxylic acids is 1. The summed E-state index contributed by atoms with van der Waals surface area (Å²) < 4.78 is 5.59. The van der Waals surface area contributed by atoms with Crippen LogP contribution in [0.5, 0.6) is 0 Å². The molecule has 0 radical (unpaired) electrons. The number of hydrogen-bond acceptors (Lipinski definition) is 3. The molecule has 0 saturated heterocycles. The molecule has 0 heterocycles. The van der Waals surface area contributed by atoms with Crippen LogP contribution in [-0.4, -0.2) is 23.1 Å². The number of rotatable bonds is 5. The third kappa shape index (κ3) is 3.62. The van der Waals surface area contributed by atoms with Gasteiger partial charge in [-0.25, -0.2) is 0 Å². The van der Waals surface area contributed by atoms with Crippen molar-refractivity contribution in [2.24, 2.45) is 46.3 Å². The van der Waals surface area contributed by atoms with E-state index in [0.717, 1.165) is 37.5 Å². The third-order valence-electron chi connectivity index (χ3n) is 9.96. The number of carboxylic acid groups (broad SMARTS) is 1. The molecule has 4 unspecified atom stereocenters. The van der Waals surface area contributed by atoms with Gasteiger partial charge >= 0.3 is 11.9 Å². The highest BCUT2D eigenvalue weighted by atomic mass is 16.5. The van der Waals surface area contributed by atoms with Gasteiger partial charge in [-0.15, -0.1) is 0 Å². The van der Waals surface area contributed by atoms with Crippen molar-refractivity contribution in [3.8, 4) is 0 Å². The Hall–Kier alpha value is -1.32. The smallest absolute Gasteiger partial charge is 0.303 e. The lowest BCUT2D eigenvalue weighted by Crippen LogP contribution is -2.52. The van der Waals surface area contributed by atoms with Crippen LogP contribution in [0.4, 0.5) is 0 Å². The summed E-state index contributed by atoms with van der Waals surface area (Å²) >= 11 is 0. The minimum absolute atomic E-state index is 0.112. The van der Waals surface area contributed by atoms with Crippen molar-refractivity contribution in [2.45, 2.75) is 91.6 Å². The van der Waals surface area contributed by atoms with E-state index in [4.69, 9.17) is 9.84 Å². The lowest BCUT2D eigenvalue weighted by atomic mass is 9.46. The molecule has 0 aromatic rings. The van der Waals surface area contributed by atoms with E-state index in [9.17, 15) is 9.59 Å². The Labute approximate surface area is 181 Å². The number of carbonyl (C=O) groups is 2. The van der Waals surface area contributed by atoms with E-state index in [1.807, 2.05) is 0 Å². The van der Waals surface area contributed by atoms with E-state index in [2.05, 4.69) is 32.9 Å². The monoisotopic (exact) mass is 416 g/mol. The number of ether oxygens (including phenoxy) is 1. The number of fused-ring (bicyclic) bond motifs is 5. The molecule has 4 rings (SSSR count). The zero-order chi connectivity index (χ0) is 21.7. The average molecular weight is 417 g/mol. The maximum atomic E-state index is 11.4. The van der Waals surface area contributed by atoms with Gasteiger partial charge in [0.25, 0.3) is 0 Å². The molecule has 0 aromatic carbocycles. The molecule has 4 heteroatoms. The van der Waals surface area contributed by atoms with Gasteiger partial charge in [-0.2, -0.15) is 0 Å². The fourth-order valence-electron chi connectivity index (χ4n) is 8.42. The molecule has 4 aliphatic rings. The van der Waals surface area contributed by atoms with Crippen molar-refractivity contribution in [3.05, 3.63) is 12.2 Å². The Bertz CT molecular complexity index is 714. The zero-order valence-electron chi connectivity index (χ0n) is 19.2. The quantitative estimate of drug-likeness (QED) is 0.451. The van der Waals surface area contributed by atoms with Crippen molar-refractivity contribution in [1.29, 1.82) is 0 Å². The number of esters is 1. The van der Waals surface area contributed by atoms with E-state index in [-0.39, 0.29) is 23.9 Å². The predicted octanol–water partition coefficient (Wildman–Crippen LogP) is 5.85. The first-order valence-electron chi connectivity index (χ1n) is 12.2. The first-order chi connectivity index (χ1) is 14.1. The average Bonchev–Trinajstić information content (AvgIpc) is 3.03. The summed E-state index contributed by atoms with van der Waals surface area (Å²) in [6.07, 6.45) is 14.6. The highest BCUT2D eigenvalue weighted by Crippen LogP contribution is 2.66. The summed E-state index contributed by atoms with van der Waals surface area (Å²) in [5.41, 5.74) is 0.543. The van der Waals surface area contributed by atoms with Crippen LogP contribution < -0.4 is 0 Å². The van der Waals surface area contributed by atoms with Gasteiger partial charge in [0.2, 0.25) is 0 Å². The lowest BCUT2D eigenvalue weighted by Gasteiger charge is -2.59. The van der Waals surface area contributed by atoms with E-state index in [1.54, 1.807) is 0 Å². The van der Waals surface area contributed by atoms with Crippen LogP contribution >= 0.6 is 0 Å². The van der Waals surface area contributed by atoms with Gasteiger partial charge in [0.05, 0.1) is 0 Å². The predicted molar refractivity (Wildman–Crippen MR) is 117 cm³/mol. The van der Waals surface area contributed by atoms with Crippen LogP contribution in [0.3, 0.4) is 0 Å². The van der Waals surface area contributed by atoms with Crippen LogP contribution in [0.1, 0.15) is 85.5 Å². The first-order valence-corrected chi connectivity index (χ1v) is 12.2. The fraction of sp³-hybridized carbons (Fsp3) is 0.846. The summed E-state index contributed by atoms with van der Waals surface area (Å²) in [5.74, 6) is 3.03.